The van der Waals surface area contributed by atoms with E-state index in [9.17, 15) is 0 Å². The van der Waals surface area contributed by atoms with Crippen LogP contribution in [0.3, 0.4) is 0 Å². The maximum Gasteiger partial charge on any atom is 0.191 e. The van der Waals surface area contributed by atoms with Gasteiger partial charge in [-0.15, -0.1) is 0 Å². The largest absolute Gasteiger partial charge is 0.381 e. The van der Waals surface area contributed by atoms with E-state index in [4.69, 9.17) is 4.74 Å². The summed E-state index contributed by atoms with van der Waals surface area (Å²) in [5, 5.41) is 7.01. The number of likely N-dealkylation sites (tertiary alicyclic amines) is 1. The van der Waals surface area contributed by atoms with E-state index in [-0.39, 0.29) is 0 Å². The summed E-state index contributed by atoms with van der Waals surface area (Å²) in [6.07, 6.45) is 4.89. The van der Waals surface area contributed by atoms with E-state index < -0.39 is 0 Å². The molecule has 26 heavy (non-hydrogen) atoms. The van der Waals surface area contributed by atoms with E-state index in [1.165, 1.54) is 18.4 Å². The fourth-order valence-corrected chi connectivity index (χ4v) is 3.54. The number of hydrogen-bond acceptors (Lipinski definition) is 3. The van der Waals surface area contributed by atoms with E-state index in [0.29, 0.717) is 12.1 Å². The van der Waals surface area contributed by atoms with Crippen LogP contribution in [0, 0.1) is 5.92 Å². The molecule has 1 aliphatic carbocycles. The van der Waals surface area contributed by atoms with E-state index in [1.807, 2.05) is 7.05 Å². The minimum atomic E-state index is 0.450. The summed E-state index contributed by atoms with van der Waals surface area (Å²) in [5.41, 5.74) is 1.38. The molecule has 0 aromatic heterocycles. The zero-order valence-electron chi connectivity index (χ0n) is 16.3. The standard InChI is InChI=1S/C21H34N4O/c1-17-13-20(15-25(17)14-18-7-4-3-5-8-18)24-21(22-2)23-11-6-12-26-16-19-9-10-19/h3-5,7-8,17,19-20H,6,9-16H2,1-2H3,(H2,22,23,24). The Morgan fingerprint density at radius 1 is 1.27 bits per heavy atom. The lowest BCUT2D eigenvalue weighted by Crippen LogP contribution is -2.44. The van der Waals surface area contributed by atoms with Crippen molar-refractivity contribution in [2.75, 3.05) is 33.4 Å². The summed E-state index contributed by atoms with van der Waals surface area (Å²) in [5.74, 6) is 1.76. The maximum absolute atomic E-state index is 5.68. The van der Waals surface area contributed by atoms with Crippen LogP contribution in [0.1, 0.15) is 38.2 Å². The lowest BCUT2D eigenvalue weighted by molar-refractivity contribution is 0.123. The summed E-state index contributed by atoms with van der Waals surface area (Å²) < 4.78 is 5.68. The van der Waals surface area contributed by atoms with Crippen LogP contribution in [0.4, 0.5) is 0 Å². The Balaban J connectivity index is 1.34. The third kappa shape index (κ3) is 6.29. The number of ether oxygens (including phenoxy) is 1. The number of guanidine groups is 1. The number of nitrogens with zero attached hydrogens (tertiary/aromatic N) is 2. The summed E-state index contributed by atoms with van der Waals surface area (Å²) in [6, 6.07) is 11.8. The van der Waals surface area contributed by atoms with Crippen molar-refractivity contribution in [3.05, 3.63) is 35.9 Å². The molecule has 5 nitrogen and oxygen atoms in total. The highest BCUT2D eigenvalue weighted by molar-refractivity contribution is 5.80. The minimum Gasteiger partial charge on any atom is -0.381 e. The molecule has 1 aromatic rings. The van der Waals surface area contributed by atoms with Gasteiger partial charge < -0.3 is 15.4 Å². The molecule has 144 valence electrons. The van der Waals surface area contributed by atoms with Gasteiger partial charge in [-0.05, 0) is 44.1 Å². The second kappa shape index (κ2) is 9.93. The Bertz CT molecular complexity index is 558. The Hall–Kier alpha value is -1.59. The molecular formula is C21H34N4O. The van der Waals surface area contributed by atoms with Crippen LogP contribution in [0.15, 0.2) is 35.3 Å². The average molecular weight is 359 g/mol. The normalized spacial score (nSPS) is 24.0. The molecule has 2 fully saturated rings. The monoisotopic (exact) mass is 358 g/mol. The van der Waals surface area contributed by atoms with Crippen LogP contribution in [0.2, 0.25) is 0 Å². The molecule has 0 radical (unpaired) electrons. The Morgan fingerprint density at radius 2 is 2.08 bits per heavy atom. The smallest absolute Gasteiger partial charge is 0.191 e. The molecule has 0 amide bonds. The molecule has 2 atom stereocenters. The van der Waals surface area contributed by atoms with E-state index >= 15 is 0 Å². The van der Waals surface area contributed by atoms with Crippen LogP contribution in [0.25, 0.3) is 0 Å². The molecule has 1 aliphatic heterocycles. The molecule has 5 heteroatoms. The Kier molecular flexibility index (Phi) is 7.32. The van der Waals surface area contributed by atoms with Crippen molar-refractivity contribution in [3.8, 4) is 0 Å². The maximum atomic E-state index is 5.68. The fraction of sp³-hybridized carbons (Fsp3) is 0.667. The predicted molar refractivity (Wildman–Crippen MR) is 107 cm³/mol. The number of rotatable bonds is 9. The van der Waals surface area contributed by atoms with Gasteiger partial charge in [0.2, 0.25) is 0 Å². The summed E-state index contributed by atoms with van der Waals surface area (Å²) in [7, 11) is 1.85. The van der Waals surface area contributed by atoms with Crippen molar-refractivity contribution in [2.24, 2.45) is 10.9 Å². The minimum absolute atomic E-state index is 0.450. The first-order chi connectivity index (χ1) is 12.7. The van der Waals surface area contributed by atoms with Crippen molar-refractivity contribution < 1.29 is 4.74 Å². The van der Waals surface area contributed by atoms with Gasteiger partial charge in [0.05, 0.1) is 0 Å². The molecule has 1 aromatic carbocycles. The number of aliphatic imine (C=N–C) groups is 1. The van der Waals surface area contributed by atoms with Gasteiger partial charge in [-0.3, -0.25) is 9.89 Å². The third-order valence-electron chi connectivity index (χ3n) is 5.31. The molecule has 2 unspecified atom stereocenters. The fourth-order valence-electron chi connectivity index (χ4n) is 3.54. The van der Waals surface area contributed by atoms with Crippen LogP contribution in [0.5, 0.6) is 0 Å². The van der Waals surface area contributed by atoms with Crippen LogP contribution < -0.4 is 10.6 Å². The number of hydrogen-bond donors (Lipinski definition) is 2. The van der Waals surface area contributed by atoms with Crippen molar-refractivity contribution in [3.63, 3.8) is 0 Å². The quantitative estimate of drug-likeness (QED) is 0.405. The van der Waals surface area contributed by atoms with Gasteiger partial charge in [-0.25, -0.2) is 0 Å². The summed E-state index contributed by atoms with van der Waals surface area (Å²) >= 11 is 0. The van der Waals surface area contributed by atoms with Gasteiger partial charge in [-0.2, -0.15) is 0 Å². The zero-order chi connectivity index (χ0) is 18.2. The van der Waals surface area contributed by atoms with Crippen molar-refractivity contribution >= 4 is 5.96 Å². The lowest BCUT2D eigenvalue weighted by Gasteiger charge is -2.21. The number of nitrogens with one attached hydrogen (secondary N) is 2. The highest BCUT2D eigenvalue weighted by Crippen LogP contribution is 2.28. The average Bonchev–Trinajstić information content (AvgIpc) is 3.41. The van der Waals surface area contributed by atoms with E-state index in [0.717, 1.165) is 57.6 Å². The van der Waals surface area contributed by atoms with Gasteiger partial charge in [0.25, 0.3) is 0 Å². The highest BCUT2D eigenvalue weighted by Gasteiger charge is 2.29. The Labute approximate surface area is 158 Å². The SMILES string of the molecule is CN=C(NCCCOCC1CC1)NC1CC(C)N(Cc2ccccc2)C1. The Morgan fingerprint density at radius 3 is 2.81 bits per heavy atom. The van der Waals surface area contributed by atoms with E-state index in [1.54, 1.807) is 0 Å². The molecule has 1 saturated heterocycles. The van der Waals surface area contributed by atoms with Crippen molar-refractivity contribution in [2.45, 2.75) is 51.2 Å². The summed E-state index contributed by atoms with van der Waals surface area (Å²) in [4.78, 5) is 6.92. The second-order valence-corrected chi connectivity index (χ2v) is 7.71. The van der Waals surface area contributed by atoms with Gasteiger partial charge in [0.1, 0.15) is 0 Å². The second-order valence-electron chi connectivity index (χ2n) is 7.71. The number of benzene rings is 1. The summed E-state index contributed by atoms with van der Waals surface area (Å²) in [6.45, 7) is 7.08. The lowest BCUT2D eigenvalue weighted by atomic mass is 10.2. The van der Waals surface area contributed by atoms with Crippen LogP contribution >= 0.6 is 0 Å². The molecule has 3 rings (SSSR count). The topological polar surface area (TPSA) is 48.9 Å². The molecule has 2 N–H and O–H groups in total. The molecule has 1 heterocycles. The van der Waals surface area contributed by atoms with Crippen molar-refractivity contribution in [1.29, 1.82) is 0 Å². The molecule has 1 saturated carbocycles. The molecule has 0 bridgehead atoms. The van der Waals surface area contributed by atoms with Gasteiger partial charge >= 0.3 is 0 Å². The van der Waals surface area contributed by atoms with Gasteiger partial charge in [-0.1, -0.05) is 30.3 Å². The van der Waals surface area contributed by atoms with Gasteiger partial charge in [0.15, 0.2) is 5.96 Å². The zero-order valence-corrected chi connectivity index (χ0v) is 16.3. The molecular weight excluding hydrogens is 324 g/mol. The first kappa shape index (κ1) is 19.2. The highest BCUT2D eigenvalue weighted by atomic mass is 16.5. The molecule has 0 spiro atoms. The molecule has 2 aliphatic rings. The van der Waals surface area contributed by atoms with Gasteiger partial charge in [0, 0.05) is 52.0 Å². The first-order valence-corrected chi connectivity index (χ1v) is 10.1. The first-order valence-electron chi connectivity index (χ1n) is 10.1. The van der Waals surface area contributed by atoms with E-state index in [2.05, 4.69) is 57.8 Å². The van der Waals surface area contributed by atoms with Crippen LogP contribution in [-0.2, 0) is 11.3 Å². The predicted octanol–water partition coefficient (Wildman–Crippen LogP) is 2.63. The third-order valence-corrected chi connectivity index (χ3v) is 5.31. The van der Waals surface area contributed by atoms with Crippen LogP contribution in [-0.4, -0.2) is 56.3 Å². The van der Waals surface area contributed by atoms with Crippen molar-refractivity contribution in [1.82, 2.24) is 15.5 Å².